The van der Waals surface area contributed by atoms with E-state index in [4.69, 9.17) is 17.3 Å². The van der Waals surface area contributed by atoms with Crippen LogP contribution in [0.4, 0.5) is 5.00 Å². The molecule has 1 heterocycles. The summed E-state index contributed by atoms with van der Waals surface area (Å²) < 4.78 is 0. The summed E-state index contributed by atoms with van der Waals surface area (Å²) in [4.78, 5) is 1.13. The Labute approximate surface area is 170 Å². The van der Waals surface area contributed by atoms with Gasteiger partial charge in [0.15, 0.2) is 0 Å². The molecule has 1 aliphatic carbocycles. The van der Waals surface area contributed by atoms with Gasteiger partial charge in [-0.2, -0.15) is 5.26 Å². The van der Waals surface area contributed by atoms with Crippen LogP contribution in [0.5, 0.6) is 0 Å². The molecule has 0 saturated carbocycles. The molecule has 0 fully saturated rings. The third-order valence-electron chi connectivity index (χ3n) is 5.08. The minimum absolute atomic E-state index is 0.405. The van der Waals surface area contributed by atoms with Crippen LogP contribution in [0.2, 0.25) is 5.02 Å². The lowest BCUT2D eigenvalue weighted by Gasteiger charge is -2.18. The summed E-state index contributed by atoms with van der Waals surface area (Å²) in [5.74, 6) is 0.405. The van der Waals surface area contributed by atoms with Crippen molar-refractivity contribution in [2.45, 2.75) is 32.1 Å². The number of hydrogen-bond donors (Lipinski definition) is 1. The van der Waals surface area contributed by atoms with Crippen LogP contribution in [0.15, 0.2) is 55.1 Å². The first-order valence-electron chi connectivity index (χ1n) is 9.10. The van der Waals surface area contributed by atoms with E-state index in [9.17, 15) is 5.26 Å². The molecule has 0 spiro atoms. The Morgan fingerprint density at radius 3 is 2.70 bits per heavy atom. The number of nitrogen functional groups attached to an aromatic ring is 1. The fraction of sp³-hybridized carbons (Fsp3) is 0.261. The molecule has 3 rings (SSSR count). The van der Waals surface area contributed by atoms with E-state index < -0.39 is 0 Å². The van der Waals surface area contributed by atoms with Gasteiger partial charge in [-0.25, -0.2) is 0 Å². The first-order valence-corrected chi connectivity index (χ1v) is 10.3. The van der Waals surface area contributed by atoms with E-state index in [1.54, 1.807) is 0 Å². The second-order valence-electron chi connectivity index (χ2n) is 6.89. The summed E-state index contributed by atoms with van der Waals surface area (Å²) in [6.07, 6.45) is 8.96. The molecule has 0 saturated heterocycles. The third-order valence-corrected chi connectivity index (χ3v) is 6.43. The van der Waals surface area contributed by atoms with Crippen LogP contribution in [0.1, 0.15) is 40.8 Å². The fourth-order valence-corrected chi connectivity index (χ4v) is 4.82. The number of halogens is 1. The van der Waals surface area contributed by atoms with E-state index in [1.165, 1.54) is 22.5 Å². The molecule has 0 aliphatic heterocycles. The van der Waals surface area contributed by atoms with Crippen LogP contribution in [0.3, 0.4) is 0 Å². The first-order chi connectivity index (χ1) is 13.0. The molecule has 0 bridgehead atoms. The summed E-state index contributed by atoms with van der Waals surface area (Å²) in [5, 5.41) is 10.8. The smallest absolute Gasteiger partial charge is 0.105 e. The standard InChI is InChI=1S/C23H23ClN2S/c1-3-16(13-17-8-10-18(24)11-9-17)5-4-6-19-15(2)7-12-20-21(14-25)23(26)27-22(19)20/h3,6,8-11,16H,1-2,4-5,7,12-13,26H2/b19-6+. The molecule has 1 unspecified atom stereocenters. The third kappa shape index (κ3) is 4.35. The molecule has 1 aromatic carbocycles. The predicted molar refractivity (Wildman–Crippen MR) is 117 cm³/mol. The number of thiophene rings is 1. The lowest BCUT2D eigenvalue weighted by molar-refractivity contribution is 0.596. The summed E-state index contributed by atoms with van der Waals surface area (Å²) >= 11 is 7.48. The number of nitrogens with zero attached hydrogens (tertiary/aromatic N) is 1. The van der Waals surface area contributed by atoms with Gasteiger partial charge in [0.2, 0.25) is 0 Å². The molecular formula is C23H23ClN2S. The van der Waals surface area contributed by atoms with Gasteiger partial charge in [-0.1, -0.05) is 42.5 Å². The Hall–Kier alpha value is -2.28. The molecule has 27 heavy (non-hydrogen) atoms. The zero-order chi connectivity index (χ0) is 19.4. The highest BCUT2D eigenvalue weighted by Crippen LogP contribution is 2.43. The van der Waals surface area contributed by atoms with Gasteiger partial charge in [-0.3, -0.25) is 0 Å². The topological polar surface area (TPSA) is 49.8 Å². The van der Waals surface area contributed by atoms with E-state index in [1.807, 2.05) is 18.2 Å². The zero-order valence-electron chi connectivity index (χ0n) is 15.3. The molecule has 2 N–H and O–H groups in total. The fourth-order valence-electron chi connectivity index (χ4n) is 3.54. The van der Waals surface area contributed by atoms with E-state index in [0.29, 0.717) is 16.5 Å². The molecule has 1 atom stereocenters. The average Bonchev–Trinajstić information content (AvgIpc) is 2.99. The normalized spacial score (nSPS) is 16.0. The Morgan fingerprint density at radius 2 is 2.04 bits per heavy atom. The first kappa shape index (κ1) is 19.5. The van der Waals surface area contributed by atoms with E-state index in [2.05, 4.69) is 37.4 Å². The van der Waals surface area contributed by atoms with Crippen LogP contribution < -0.4 is 5.73 Å². The van der Waals surface area contributed by atoms with Crippen LogP contribution in [-0.4, -0.2) is 0 Å². The van der Waals surface area contributed by atoms with Gasteiger partial charge in [0.25, 0.3) is 0 Å². The molecule has 138 valence electrons. The van der Waals surface area contributed by atoms with Crippen molar-refractivity contribution in [3.8, 4) is 6.07 Å². The summed E-state index contributed by atoms with van der Waals surface area (Å²) in [6, 6.07) is 10.3. The van der Waals surface area contributed by atoms with Crippen molar-refractivity contribution in [1.29, 1.82) is 5.26 Å². The number of rotatable bonds is 6. The predicted octanol–water partition coefficient (Wildman–Crippen LogP) is 6.57. The Balaban J connectivity index is 1.72. The Kier molecular flexibility index (Phi) is 6.21. The average molecular weight is 395 g/mol. The van der Waals surface area contributed by atoms with Gasteiger partial charge in [0.05, 0.1) is 5.56 Å². The van der Waals surface area contributed by atoms with Crippen molar-refractivity contribution in [2.24, 2.45) is 5.92 Å². The minimum Gasteiger partial charge on any atom is -0.389 e. The van der Waals surface area contributed by atoms with Crippen molar-refractivity contribution in [1.82, 2.24) is 0 Å². The van der Waals surface area contributed by atoms with Crippen molar-refractivity contribution >= 4 is 33.5 Å². The molecule has 2 aromatic rings. The molecule has 2 nitrogen and oxygen atoms in total. The van der Waals surface area contributed by atoms with Gasteiger partial charge in [0.1, 0.15) is 11.1 Å². The molecular weight excluding hydrogens is 372 g/mol. The quantitative estimate of drug-likeness (QED) is 0.563. The number of benzene rings is 1. The number of anilines is 1. The highest BCUT2D eigenvalue weighted by atomic mass is 35.5. The Morgan fingerprint density at radius 1 is 1.30 bits per heavy atom. The minimum atomic E-state index is 0.405. The molecule has 0 amide bonds. The van der Waals surface area contributed by atoms with Gasteiger partial charge in [-0.05, 0) is 72.4 Å². The van der Waals surface area contributed by atoms with Crippen LogP contribution >= 0.6 is 22.9 Å². The SMILES string of the molecule is C=CC(CC/C=C1\C(=C)CCc2c1sc(N)c2C#N)Cc1ccc(Cl)cc1. The molecule has 1 aromatic heterocycles. The maximum Gasteiger partial charge on any atom is 0.105 e. The monoisotopic (exact) mass is 394 g/mol. The van der Waals surface area contributed by atoms with Gasteiger partial charge in [0, 0.05) is 9.90 Å². The van der Waals surface area contributed by atoms with Gasteiger partial charge >= 0.3 is 0 Å². The highest BCUT2D eigenvalue weighted by molar-refractivity contribution is 7.17. The van der Waals surface area contributed by atoms with Gasteiger partial charge in [-0.15, -0.1) is 17.9 Å². The highest BCUT2D eigenvalue weighted by Gasteiger charge is 2.24. The maximum absolute atomic E-state index is 9.37. The summed E-state index contributed by atoms with van der Waals surface area (Å²) in [7, 11) is 0. The van der Waals surface area contributed by atoms with Crippen LogP contribution in [0, 0.1) is 17.2 Å². The lowest BCUT2D eigenvalue weighted by Crippen LogP contribution is -2.04. The number of nitrogens with two attached hydrogens (primary N) is 1. The van der Waals surface area contributed by atoms with Gasteiger partial charge < -0.3 is 5.73 Å². The largest absolute Gasteiger partial charge is 0.389 e. The lowest BCUT2D eigenvalue weighted by atomic mass is 9.87. The number of fused-ring (bicyclic) bond motifs is 1. The number of nitriles is 1. The number of hydrogen-bond acceptors (Lipinski definition) is 3. The van der Waals surface area contributed by atoms with Crippen molar-refractivity contribution in [2.75, 3.05) is 5.73 Å². The van der Waals surface area contributed by atoms with Crippen molar-refractivity contribution in [3.63, 3.8) is 0 Å². The number of allylic oxidation sites excluding steroid dienone is 4. The van der Waals surface area contributed by atoms with E-state index in [0.717, 1.165) is 53.1 Å². The van der Waals surface area contributed by atoms with Crippen LogP contribution in [-0.2, 0) is 12.8 Å². The van der Waals surface area contributed by atoms with Crippen molar-refractivity contribution in [3.05, 3.63) is 81.7 Å². The molecule has 0 radical (unpaired) electrons. The van der Waals surface area contributed by atoms with E-state index >= 15 is 0 Å². The summed E-state index contributed by atoms with van der Waals surface area (Å²) in [6.45, 7) is 8.24. The van der Waals surface area contributed by atoms with Crippen LogP contribution in [0.25, 0.3) is 5.57 Å². The molecule has 1 aliphatic rings. The zero-order valence-corrected chi connectivity index (χ0v) is 16.9. The Bertz CT molecular complexity index is 929. The molecule has 4 heteroatoms. The summed E-state index contributed by atoms with van der Waals surface area (Å²) in [5.41, 5.74) is 11.4. The van der Waals surface area contributed by atoms with E-state index in [-0.39, 0.29) is 0 Å². The second-order valence-corrected chi connectivity index (χ2v) is 8.37. The second kappa shape index (κ2) is 8.61. The van der Waals surface area contributed by atoms with Crippen molar-refractivity contribution < 1.29 is 0 Å². The maximum atomic E-state index is 9.37.